The van der Waals surface area contributed by atoms with Crippen molar-refractivity contribution in [2.75, 3.05) is 19.3 Å². The summed E-state index contributed by atoms with van der Waals surface area (Å²) >= 11 is 0. The van der Waals surface area contributed by atoms with E-state index in [-0.39, 0.29) is 11.3 Å². The maximum Gasteiger partial charge on any atom is 0.157 e. The predicted octanol–water partition coefficient (Wildman–Crippen LogP) is 4.49. The fraction of sp³-hybridized carbons (Fsp3) is 0.240. The van der Waals surface area contributed by atoms with Crippen LogP contribution in [0.15, 0.2) is 30.5 Å². The lowest BCUT2D eigenvalue weighted by atomic mass is 9.91. The Kier molecular flexibility index (Phi) is 4.68. The molecule has 4 aromatic rings. The Labute approximate surface area is 185 Å². The molecule has 0 saturated heterocycles. The van der Waals surface area contributed by atoms with Crippen LogP contribution in [0.5, 0.6) is 0 Å². The predicted molar refractivity (Wildman–Crippen MR) is 123 cm³/mol. The number of halogens is 1. The number of nitrogens with two attached hydrogens (primary N) is 1. The van der Waals surface area contributed by atoms with Gasteiger partial charge in [0.15, 0.2) is 5.82 Å². The van der Waals surface area contributed by atoms with E-state index >= 15 is 0 Å². The number of hydrogen-bond donors (Lipinski definition) is 2. The number of nitrogens with zero attached hydrogens (tertiary/aromatic N) is 4. The number of aryl methyl sites for hydroxylation is 2. The van der Waals surface area contributed by atoms with Gasteiger partial charge in [0.1, 0.15) is 0 Å². The van der Waals surface area contributed by atoms with Gasteiger partial charge in [-0.3, -0.25) is 10.1 Å². The average molecular weight is 426 g/mol. The van der Waals surface area contributed by atoms with Gasteiger partial charge in [0.25, 0.3) is 0 Å². The number of nitrogens with one attached hydrogen (secondary N) is 1. The number of benzene rings is 2. The molecule has 0 aliphatic carbocycles. The average Bonchev–Trinajstić information content (AvgIpc) is 3.18. The summed E-state index contributed by atoms with van der Waals surface area (Å²) in [6.07, 6.45) is 2.34. The van der Waals surface area contributed by atoms with Crippen molar-refractivity contribution in [1.82, 2.24) is 20.1 Å². The molecule has 0 amide bonds. The van der Waals surface area contributed by atoms with Gasteiger partial charge in [-0.05, 0) is 68.3 Å². The van der Waals surface area contributed by atoms with Crippen LogP contribution in [-0.4, -0.2) is 33.7 Å². The molecule has 6 nitrogen and oxygen atoms in total. The number of nitriles is 1. The van der Waals surface area contributed by atoms with Crippen molar-refractivity contribution in [2.24, 2.45) is 0 Å². The molecule has 1 aliphatic rings. The third-order valence-corrected chi connectivity index (χ3v) is 6.35. The molecule has 0 radical (unpaired) electrons. The zero-order chi connectivity index (χ0) is 22.6. The van der Waals surface area contributed by atoms with E-state index in [1.54, 1.807) is 13.0 Å². The molecular weight excluding hydrogens is 403 g/mol. The molecule has 0 spiro atoms. The van der Waals surface area contributed by atoms with Crippen molar-refractivity contribution in [3.63, 3.8) is 0 Å². The van der Waals surface area contributed by atoms with Crippen LogP contribution in [0, 0.1) is 31.0 Å². The zero-order valence-corrected chi connectivity index (χ0v) is 18.3. The highest BCUT2D eigenvalue weighted by atomic mass is 19.1. The number of likely N-dealkylation sites (N-methyl/N-ethyl adjacent to an activating group) is 1. The number of aromatic amines is 1. The summed E-state index contributed by atoms with van der Waals surface area (Å²) < 4.78 is 15.0. The third kappa shape index (κ3) is 3.12. The van der Waals surface area contributed by atoms with Crippen LogP contribution in [0.3, 0.4) is 0 Å². The molecule has 0 bridgehead atoms. The number of rotatable bonds is 2. The van der Waals surface area contributed by atoms with Crippen molar-refractivity contribution in [3.05, 3.63) is 64.2 Å². The van der Waals surface area contributed by atoms with Crippen LogP contribution in [0.4, 0.5) is 10.1 Å². The molecule has 3 heterocycles. The lowest BCUT2D eigenvalue weighted by molar-refractivity contribution is 0.312. The van der Waals surface area contributed by atoms with Crippen LogP contribution in [0.25, 0.3) is 33.3 Å². The summed E-state index contributed by atoms with van der Waals surface area (Å²) in [4.78, 5) is 6.51. The van der Waals surface area contributed by atoms with Gasteiger partial charge >= 0.3 is 0 Å². The Bertz CT molecular complexity index is 1430. The van der Waals surface area contributed by atoms with Gasteiger partial charge in [0, 0.05) is 40.9 Å². The largest absolute Gasteiger partial charge is 0.395 e. The molecule has 0 unspecified atom stereocenters. The first-order valence-corrected chi connectivity index (χ1v) is 10.5. The molecule has 2 aromatic heterocycles. The Morgan fingerprint density at radius 2 is 2.03 bits per heavy atom. The Balaban J connectivity index is 1.74. The summed E-state index contributed by atoms with van der Waals surface area (Å²) in [5.41, 5.74) is 13.7. The Morgan fingerprint density at radius 3 is 2.81 bits per heavy atom. The van der Waals surface area contributed by atoms with Crippen molar-refractivity contribution >= 4 is 16.6 Å². The minimum atomic E-state index is -0.564. The SMILES string of the molecule is Cc1cc(-c2n[nH]c3cc(C#N)c(-c4c(C)ncc(N)c4F)cc23)cc2c1CCN(C)C2. The number of aromatic nitrogens is 3. The van der Waals surface area contributed by atoms with E-state index in [4.69, 9.17) is 5.73 Å². The van der Waals surface area contributed by atoms with Crippen molar-refractivity contribution in [3.8, 4) is 28.5 Å². The van der Waals surface area contributed by atoms with E-state index in [9.17, 15) is 9.65 Å². The Hall–Kier alpha value is -3.76. The molecule has 7 heteroatoms. The van der Waals surface area contributed by atoms with Crippen LogP contribution < -0.4 is 5.73 Å². The van der Waals surface area contributed by atoms with Crippen LogP contribution in [0.1, 0.15) is 27.9 Å². The minimum Gasteiger partial charge on any atom is -0.395 e. The minimum absolute atomic E-state index is 0.0450. The summed E-state index contributed by atoms with van der Waals surface area (Å²) in [6, 6.07) is 10.1. The summed E-state index contributed by atoms with van der Waals surface area (Å²) in [6.45, 7) is 5.80. The molecule has 0 saturated carbocycles. The number of hydrogen-bond acceptors (Lipinski definition) is 5. The fourth-order valence-corrected chi connectivity index (χ4v) is 4.69. The highest BCUT2D eigenvalue weighted by Crippen LogP contribution is 2.37. The van der Waals surface area contributed by atoms with Crippen LogP contribution >= 0.6 is 0 Å². The molecule has 2 aromatic carbocycles. The van der Waals surface area contributed by atoms with Gasteiger partial charge in [-0.1, -0.05) is 0 Å². The van der Waals surface area contributed by atoms with E-state index < -0.39 is 5.82 Å². The number of pyridine rings is 1. The normalized spacial score (nSPS) is 13.8. The van der Waals surface area contributed by atoms with E-state index in [0.717, 1.165) is 41.7 Å². The number of anilines is 1. The zero-order valence-electron chi connectivity index (χ0n) is 18.3. The second-order valence-electron chi connectivity index (χ2n) is 8.53. The monoisotopic (exact) mass is 426 g/mol. The van der Waals surface area contributed by atoms with E-state index in [2.05, 4.69) is 52.3 Å². The van der Waals surface area contributed by atoms with Crippen LogP contribution in [0.2, 0.25) is 0 Å². The quantitative estimate of drug-likeness (QED) is 0.492. The smallest absolute Gasteiger partial charge is 0.157 e. The summed E-state index contributed by atoms with van der Waals surface area (Å²) in [5, 5.41) is 18.2. The second kappa shape index (κ2) is 7.43. The highest BCUT2D eigenvalue weighted by Gasteiger charge is 2.21. The summed E-state index contributed by atoms with van der Waals surface area (Å²) in [5.74, 6) is -0.564. The van der Waals surface area contributed by atoms with Crippen LogP contribution in [-0.2, 0) is 13.0 Å². The van der Waals surface area contributed by atoms with E-state index in [1.807, 2.05) is 6.07 Å². The Morgan fingerprint density at radius 1 is 1.22 bits per heavy atom. The molecule has 0 fully saturated rings. The third-order valence-electron chi connectivity index (χ3n) is 6.35. The first kappa shape index (κ1) is 20.2. The number of fused-ring (bicyclic) bond motifs is 2. The molecule has 1 aliphatic heterocycles. The number of nitrogen functional groups attached to an aromatic ring is 1. The highest BCUT2D eigenvalue weighted by molar-refractivity contribution is 5.98. The first-order chi connectivity index (χ1) is 15.4. The lowest BCUT2D eigenvalue weighted by Crippen LogP contribution is -2.27. The summed E-state index contributed by atoms with van der Waals surface area (Å²) in [7, 11) is 2.13. The standard InChI is InChI=1S/C25H23FN6/c1-13-6-15(7-17-12-32(3)5-4-18(13)17)25-20-9-19(16(10-27)8-22(20)30-31-25)23-14(2)29-11-21(28)24(23)26/h6-9,11H,4-5,12,28H2,1-3H3,(H,30,31). The molecule has 32 heavy (non-hydrogen) atoms. The number of H-pyrrole nitrogens is 1. The fourth-order valence-electron chi connectivity index (χ4n) is 4.69. The van der Waals surface area contributed by atoms with Gasteiger partial charge in [0.2, 0.25) is 0 Å². The maximum atomic E-state index is 15.0. The molecular formula is C25H23FN6. The first-order valence-electron chi connectivity index (χ1n) is 10.5. The second-order valence-corrected chi connectivity index (χ2v) is 8.53. The molecule has 5 rings (SSSR count). The van der Waals surface area contributed by atoms with Gasteiger partial charge in [-0.15, -0.1) is 0 Å². The van der Waals surface area contributed by atoms with Gasteiger partial charge < -0.3 is 10.6 Å². The van der Waals surface area contributed by atoms with Gasteiger partial charge in [-0.2, -0.15) is 10.4 Å². The molecule has 0 atom stereocenters. The van der Waals surface area contributed by atoms with Crippen molar-refractivity contribution in [2.45, 2.75) is 26.8 Å². The van der Waals surface area contributed by atoms with E-state index in [1.165, 1.54) is 22.9 Å². The van der Waals surface area contributed by atoms with Gasteiger partial charge in [-0.25, -0.2) is 4.39 Å². The molecule has 3 N–H and O–H groups in total. The maximum absolute atomic E-state index is 15.0. The molecule has 160 valence electrons. The van der Waals surface area contributed by atoms with Gasteiger partial charge in [0.05, 0.1) is 34.7 Å². The topological polar surface area (TPSA) is 94.6 Å². The lowest BCUT2D eigenvalue weighted by Gasteiger charge is -2.26. The van der Waals surface area contributed by atoms with Crippen molar-refractivity contribution in [1.29, 1.82) is 5.26 Å². The van der Waals surface area contributed by atoms with Crippen molar-refractivity contribution < 1.29 is 4.39 Å². The van der Waals surface area contributed by atoms with E-state index in [0.29, 0.717) is 16.8 Å².